The van der Waals surface area contributed by atoms with Gasteiger partial charge in [0.05, 0.1) is 11.4 Å². The van der Waals surface area contributed by atoms with Gasteiger partial charge in [-0.1, -0.05) is 31.5 Å². The fraction of sp³-hybridized carbons (Fsp3) is 0.435. The first-order valence-corrected chi connectivity index (χ1v) is 12.0. The Morgan fingerprint density at radius 3 is 2.47 bits per heavy atom. The Morgan fingerprint density at radius 1 is 1.10 bits per heavy atom. The van der Waals surface area contributed by atoms with Gasteiger partial charge in [-0.2, -0.15) is 4.31 Å². The van der Waals surface area contributed by atoms with Crippen LogP contribution < -0.4 is 10.1 Å². The summed E-state index contributed by atoms with van der Waals surface area (Å²) < 4.78 is 32.7. The smallest absolute Gasteiger partial charge is 0.251 e. The van der Waals surface area contributed by atoms with Crippen molar-refractivity contribution in [3.05, 3.63) is 59.2 Å². The fourth-order valence-corrected chi connectivity index (χ4v) is 5.10. The second-order valence-corrected chi connectivity index (χ2v) is 9.52. The maximum Gasteiger partial charge on any atom is 0.251 e. The molecule has 6 nitrogen and oxygen atoms in total. The van der Waals surface area contributed by atoms with Crippen LogP contribution in [0.25, 0.3) is 0 Å². The monoisotopic (exact) mass is 430 g/mol. The van der Waals surface area contributed by atoms with E-state index in [1.54, 1.807) is 19.1 Å². The summed E-state index contributed by atoms with van der Waals surface area (Å²) in [4.78, 5) is 12.8. The van der Waals surface area contributed by atoms with Crippen LogP contribution in [0.4, 0.5) is 0 Å². The number of carbonyl (C=O) groups is 1. The van der Waals surface area contributed by atoms with Crippen LogP contribution in [0.5, 0.6) is 5.75 Å². The summed E-state index contributed by atoms with van der Waals surface area (Å²) in [6.45, 7) is 5.69. The van der Waals surface area contributed by atoms with Crippen LogP contribution in [0.2, 0.25) is 0 Å². The SMILES string of the molecule is CCCc1ccc(OCCNC(=O)c2cc(S(=O)(=O)N3CCCC3)ccc2C)cc1. The van der Waals surface area contributed by atoms with Crippen LogP contribution in [-0.2, 0) is 16.4 Å². The zero-order chi connectivity index (χ0) is 21.6. The van der Waals surface area contributed by atoms with Gasteiger partial charge in [-0.3, -0.25) is 4.79 Å². The van der Waals surface area contributed by atoms with Crippen molar-refractivity contribution in [2.45, 2.75) is 44.4 Å². The standard InChI is InChI=1S/C23H30N2O4S/c1-3-6-19-8-10-20(11-9-19)29-16-13-24-23(26)22-17-21(12-7-18(22)2)30(27,28)25-14-4-5-15-25/h7-12,17H,3-6,13-16H2,1-2H3,(H,24,26). The van der Waals surface area contributed by atoms with E-state index in [1.165, 1.54) is 15.9 Å². The highest BCUT2D eigenvalue weighted by Gasteiger charge is 2.28. The minimum Gasteiger partial charge on any atom is -0.492 e. The van der Waals surface area contributed by atoms with E-state index in [2.05, 4.69) is 12.2 Å². The molecule has 1 fully saturated rings. The number of amides is 1. The van der Waals surface area contributed by atoms with Gasteiger partial charge >= 0.3 is 0 Å². The number of carbonyl (C=O) groups excluding carboxylic acids is 1. The first-order valence-electron chi connectivity index (χ1n) is 10.5. The Labute approximate surface area is 179 Å². The first kappa shape index (κ1) is 22.3. The second kappa shape index (κ2) is 10.1. The molecule has 0 atom stereocenters. The van der Waals surface area contributed by atoms with Crippen LogP contribution in [0, 0.1) is 6.92 Å². The predicted molar refractivity (Wildman–Crippen MR) is 117 cm³/mol. The lowest BCUT2D eigenvalue weighted by molar-refractivity contribution is 0.0946. The molecule has 0 bridgehead atoms. The van der Waals surface area contributed by atoms with Crippen LogP contribution in [0.15, 0.2) is 47.4 Å². The van der Waals surface area contributed by atoms with Crippen LogP contribution in [0.3, 0.4) is 0 Å². The van der Waals surface area contributed by atoms with Crippen molar-refractivity contribution >= 4 is 15.9 Å². The van der Waals surface area contributed by atoms with E-state index in [9.17, 15) is 13.2 Å². The van der Waals surface area contributed by atoms with E-state index in [1.807, 2.05) is 24.3 Å². The lowest BCUT2D eigenvalue weighted by Crippen LogP contribution is -2.30. The average molecular weight is 431 g/mol. The van der Waals surface area contributed by atoms with Gasteiger partial charge in [0, 0.05) is 18.7 Å². The molecule has 2 aromatic carbocycles. The maximum atomic E-state index is 12.8. The molecule has 1 N–H and O–H groups in total. The number of hydrogen-bond donors (Lipinski definition) is 1. The average Bonchev–Trinajstić information content (AvgIpc) is 3.28. The van der Waals surface area contributed by atoms with Crippen LogP contribution in [0.1, 0.15) is 47.7 Å². The van der Waals surface area contributed by atoms with Gasteiger partial charge in [0.2, 0.25) is 10.0 Å². The van der Waals surface area contributed by atoms with E-state index in [0.29, 0.717) is 31.8 Å². The molecule has 162 valence electrons. The third-order valence-electron chi connectivity index (χ3n) is 5.27. The van der Waals surface area contributed by atoms with E-state index in [0.717, 1.165) is 37.0 Å². The molecular weight excluding hydrogens is 400 g/mol. The molecule has 0 aliphatic carbocycles. The fourth-order valence-electron chi connectivity index (χ4n) is 3.55. The Morgan fingerprint density at radius 2 is 1.80 bits per heavy atom. The number of aryl methyl sites for hydroxylation is 2. The molecule has 0 spiro atoms. The summed E-state index contributed by atoms with van der Waals surface area (Å²) in [7, 11) is -3.55. The number of sulfonamides is 1. The number of rotatable bonds is 9. The molecular formula is C23H30N2O4S. The molecule has 2 aromatic rings. The van der Waals surface area contributed by atoms with Gasteiger partial charge in [0.25, 0.3) is 5.91 Å². The number of ether oxygens (including phenoxy) is 1. The second-order valence-electron chi connectivity index (χ2n) is 7.59. The molecule has 3 rings (SSSR count). The highest BCUT2D eigenvalue weighted by Crippen LogP contribution is 2.23. The third-order valence-corrected chi connectivity index (χ3v) is 7.17. The maximum absolute atomic E-state index is 12.8. The number of hydrogen-bond acceptors (Lipinski definition) is 4. The highest BCUT2D eigenvalue weighted by molar-refractivity contribution is 7.89. The quantitative estimate of drug-likeness (QED) is 0.618. The lowest BCUT2D eigenvalue weighted by Gasteiger charge is -2.17. The largest absolute Gasteiger partial charge is 0.492 e. The van der Waals surface area contributed by atoms with E-state index in [-0.39, 0.29) is 10.8 Å². The molecule has 0 aromatic heterocycles. The van der Waals surface area contributed by atoms with Crippen molar-refractivity contribution in [2.75, 3.05) is 26.2 Å². The van der Waals surface area contributed by atoms with Gasteiger partial charge in [0.1, 0.15) is 12.4 Å². The topological polar surface area (TPSA) is 75.7 Å². The molecule has 0 radical (unpaired) electrons. The van der Waals surface area contributed by atoms with Gasteiger partial charge < -0.3 is 10.1 Å². The van der Waals surface area contributed by atoms with E-state index >= 15 is 0 Å². The van der Waals surface area contributed by atoms with E-state index in [4.69, 9.17) is 4.74 Å². The zero-order valence-electron chi connectivity index (χ0n) is 17.7. The minimum absolute atomic E-state index is 0.170. The minimum atomic E-state index is -3.55. The summed E-state index contributed by atoms with van der Waals surface area (Å²) in [6.07, 6.45) is 3.90. The summed E-state index contributed by atoms with van der Waals surface area (Å²) in [5.74, 6) is 0.465. The third kappa shape index (κ3) is 5.40. The lowest BCUT2D eigenvalue weighted by atomic mass is 10.1. The van der Waals surface area contributed by atoms with Gasteiger partial charge in [-0.15, -0.1) is 0 Å². The summed E-state index contributed by atoms with van der Waals surface area (Å²) in [5.41, 5.74) is 2.39. The Bertz CT molecular complexity index is 965. The van der Waals surface area contributed by atoms with Gasteiger partial charge in [-0.05, 0) is 61.6 Å². The number of nitrogens with zero attached hydrogens (tertiary/aromatic N) is 1. The normalized spacial score (nSPS) is 14.6. The Hall–Kier alpha value is -2.38. The first-order chi connectivity index (χ1) is 14.4. The Kier molecular flexibility index (Phi) is 7.50. The van der Waals surface area contributed by atoms with Crippen LogP contribution >= 0.6 is 0 Å². The van der Waals surface area contributed by atoms with Crippen molar-refractivity contribution in [1.29, 1.82) is 0 Å². The van der Waals surface area contributed by atoms with Gasteiger partial charge in [0.15, 0.2) is 0 Å². The molecule has 1 aliphatic heterocycles. The zero-order valence-corrected chi connectivity index (χ0v) is 18.5. The number of benzene rings is 2. The van der Waals surface area contributed by atoms with E-state index < -0.39 is 10.0 Å². The predicted octanol–water partition coefficient (Wildman–Crippen LogP) is 3.54. The molecule has 0 saturated carbocycles. The molecule has 1 aliphatic rings. The van der Waals surface area contributed by atoms with Crippen molar-refractivity contribution in [3.63, 3.8) is 0 Å². The van der Waals surface area contributed by atoms with Gasteiger partial charge in [-0.25, -0.2) is 8.42 Å². The van der Waals surface area contributed by atoms with Crippen molar-refractivity contribution in [1.82, 2.24) is 9.62 Å². The number of nitrogens with one attached hydrogen (secondary N) is 1. The van der Waals surface area contributed by atoms with Crippen LogP contribution in [-0.4, -0.2) is 44.9 Å². The molecule has 7 heteroatoms. The highest BCUT2D eigenvalue weighted by atomic mass is 32.2. The summed E-state index contributed by atoms with van der Waals surface area (Å²) in [6, 6.07) is 12.7. The Balaban J connectivity index is 1.57. The van der Waals surface area contributed by atoms with Crippen molar-refractivity contribution < 1.29 is 17.9 Å². The molecule has 1 saturated heterocycles. The van der Waals surface area contributed by atoms with Crippen molar-refractivity contribution in [3.8, 4) is 5.75 Å². The summed E-state index contributed by atoms with van der Waals surface area (Å²) >= 11 is 0. The molecule has 0 unspecified atom stereocenters. The molecule has 1 amide bonds. The molecule has 30 heavy (non-hydrogen) atoms. The van der Waals surface area contributed by atoms with Crippen molar-refractivity contribution in [2.24, 2.45) is 0 Å². The summed E-state index contributed by atoms with van der Waals surface area (Å²) in [5, 5.41) is 2.82. The molecule has 1 heterocycles.